The van der Waals surface area contributed by atoms with Gasteiger partial charge >= 0.3 is 5.97 Å². The van der Waals surface area contributed by atoms with Gasteiger partial charge in [0.05, 0.1) is 18.4 Å². The quantitative estimate of drug-likeness (QED) is 0.800. The molecule has 106 valence electrons. The number of hydroxylamine groups is 1. The maximum Gasteiger partial charge on any atom is 0.337 e. The van der Waals surface area contributed by atoms with Gasteiger partial charge in [0.2, 0.25) is 0 Å². The number of piperidine rings is 1. The minimum Gasteiger partial charge on any atom is -0.465 e. The Kier molecular flexibility index (Phi) is 3.46. The van der Waals surface area contributed by atoms with Crippen LogP contribution in [0.5, 0.6) is 0 Å². The third-order valence-corrected chi connectivity index (χ3v) is 3.84. The lowest BCUT2D eigenvalue weighted by atomic mass is 9.91. The Morgan fingerprint density at radius 1 is 1.25 bits per heavy atom. The van der Waals surface area contributed by atoms with Crippen molar-refractivity contribution in [2.45, 2.75) is 18.4 Å². The zero-order chi connectivity index (χ0) is 14.0. The molecule has 1 aromatic carbocycles. The molecule has 0 amide bonds. The summed E-state index contributed by atoms with van der Waals surface area (Å²) >= 11 is 0. The summed E-state index contributed by atoms with van der Waals surface area (Å²) in [5.74, 6) is -0.323. The third kappa shape index (κ3) is 2.42. The van der Waals surface area contributed by atoms with E-state index in [1.807, 2.05) is 12.1 Å². The molecule has 0 atom stereocenters. The maximum absolute atomic E-state index is 11.4. The molecule has 0 bridgehead atoms. The summed E-state index contributed by atoms with van der Waals surface area (Å²) in [7, 11) is 1.38. The highest BCUT2D eigenvalue weighted by Gasteiger charge is 2.36. The molecule has 0 radical (unpaired) electrons. The predicted molar refractivity (Wildman–Crippen MR) is 74.8 cm³/mol. The van der Waals surface area contributed by atoms with Crippen molar-refractivity contribution < 1.29 is 14.4 Å². The molecule has 1 saturated heterocycles. The van der Waals surface area contributed by atoms with Crippen LogP contribution in [0.1, 0.15) is 28.8 Å². The van der Waals surface area contributed by atoms with Crippen molar-refractivity contribution >= 4 is 11.7 Å². The number of ether oxygens (including phenoxy) is 1. The largest absolute Gasteiger partial charge is 0.465 e. The number of benzene rings is 1. The van der Waals surface area contributed by atoms with E-state index in [4.69, 9.17) is 9.57 Å². The van der Waals surface area contributed by atoms with Crippen molar-refractivity contribution in [1.82, 2.24) is 10.8 Å². The van der Waals surface area contributed by atoms with Crippen LogP contribution in [-0.2, 0) is 9.57 Å². The highest BCUT2D eigenvalue weighted by molar-refractivity contribution is 5.89. The smallest absolute Gasteiger partial charge is 0.337 e. The molecule has 0 aromatic heterocycles. The molecule has 20 heavy (non-hydrogen) atoms. The van der Waals surface area contributed by atoms with Crippen molar-refractivity contribution in [2.75, 3.05) is 20.2 Å². The van der Waals surface area contributed by atoms with Gasteiger partial charge in [-0.15, -0.1) is 0 Å². The molecule has 0 unspecified atom stereocenters. The number of esters is 1. The summed E-state index contributed by atoms with van der Waals surface area (Å²) in [6, 6.07) is 7.32. The van der Waals surface area contributed by atoms with E-state index in [0.29, 0.717) is 5.56 Å². The van der Waals surface area contributed by atoms with Crippen LogP contribution in [0.25, 0.3) is 5.70 Å². The average molecular weight is 274 g/mol. The molecular formula is C15H18N2O3. The van der Waals surface area contributed by atoms with Crippen LogP contribution >= 0.6 is 0 Å². The van der Waals surface area contributed by atoms with Crippen molar-refractivity contribution in [3.63, 3.8) is 0 Å². The lowest BCUT2D eigenvalue weighted by Gasteiger charge is -2.29. The zero-order valence-corrected chi connectivity index (χ0v) is 11.4. The Balaban J connectivity index is 1.79. The van der Waals surface area contributed by atoms with E-state index in [1.165, 1.54) is 7.11 Å². The van der Waals surface area contributed by atoms with Gasteiger partial charge in [-0.2, -0.15) is 0 Å². The molecule has 2 aliphatic heterocycles. The van der Waals surface area contributed by atoms with Crippen molar-refractivity contribution in [1.29, 1.82) is 0 Å². The van der Waals surface area contributed by atoms with Crippen molar-refractivity contribution in [3.8, 4) is 0 Å². The van der Waals surface area contributed by atoms with Gasteiger partial charge in [-0.1, -0.05) is 12.1 Å². The van der Waals surface area contributed by atoms with Gasteiger partial charge in [-0.25, -0.2) is 4.79 Å². The van der Waals surface area contributed by atoms with Crippen LogP contribution in [0.2, 0.25) is 0 Å². The first-order valence-corrected chi connectivity index (χ1v) is 6.79. The SMILES string of the molecule is COC(=O)c1ccc(C2=CC3(CCNCC3)ON2)cc1. The fraction of sp³-hybridized carbons (Fsp3) is 0.400. The lowest BCUT2D eigenvalue weighted by Crippen LogP contribution is -2.41. The molecule has 2 heterocycles. The number of hydrogen-bond acceptors (Lipinski definition) is 5. The standard InChI is InChI=1S/C15H18N2O3/c1-19-14(18)12-4-2-11(3-5-12)13-10-15(20-17-13)6-8-16-9-7-15/h2-5,10,16-17H,6-9H2,1H3. The Morgan fingerprint density at radius 3 is 2.60 bits per heavy atom. The van der Waals surface area contributed by atoms with E-state index < -0.39 is 0 Å². The molecule has 0 saturated carbocycles. The van der Waals surface area contributed by atoms with Gasteiger partial charge in [0, 0.05) is 0 Å². The molecular weight excluding hydrogens is 256 g/mol. The number of carbonyl (C=O) groups is 1. The molecule has 0 aliphatic carbocycles. The lowest BCUT2D eigenvalue weighted by molar-refractivity contribution is -0.0515. The van der Waals surface area contributed by atoms with Crippen molar-refractivity contribution in [2.24, 2.45) is 0 Å². The summed E-state index contributed by atoms with van der Waals surface area (Å²) in [5, 5.41) is 3.33. The Hall–Kier alpha value is -1.85. The van der Waals surface area contributed by atoms with E-state index in [-0.39, 0.29) is 11.6 Å². The molecule has 1 fully saturated rings. The summed E-state index contributed by atoms with van der Waals surface area (Å²) in [5.41, 5.74) is 5.34. The Bertz CT molecular complexity index is 531. The molecule has 5 heteroatoms. The summed E-state index contributed by atoms with van der Waals surface area (Å²) < 4.78 is 4.69. The monoisotopic (exact) mass is 274 g/mol. The maximum atomic E-state index is 11.4. The first-order valence-electron chi connectivity index (χ1n) is 6.79. The second kappa shape index (κ2) is 5.26. The van der Waals surface area contributed by atoms with Crippen LogP contribution in [0.4, 0.5) is 0 Å². The first-order chi connectivity index (χ1) is 9.72. The zero-order valence-electron chi connectivity index (χ0n) is 11.4. The fourth-order valence-electron chi connectivity index (χ4n) is 2.62. The van der Waals surface area contributed by atoms with Gasteiger partial charge in [0.25, 0.3) is 0 Å². The molecule has 2 aliphatic rings. The molecule has 1 aromatic rings. The summed E-state index contributed by atoms with van der Waals surface area (Å²) in [4.78, 5) is 17.2. The first kappa shape index (κ1) is 13.1. The van der Waals surface area contributed by atoms with Crippen LogP contribution in [0.3, 0.4) is 0 Å². The van der Waals surface area contributed by atoms with Gasteiger partial charge in [-0.3, -0.25) is 10.3 Å². The van der Waals surface area contributed by atoms with Crippen LogP contribution in [0, 0.1) is 0 Å². The second-order valence-corrected chi connectivity index (χ2v) is 5.15. The van der Waals surface area contributed by atoms with Gasteiger partial charge in [-0.05, 0) is 49.7 Å². The van der Waals surface area contributed by atoms with Crippen LogP contribution in [-0.4, -0.2) is 31.8 Å². The van der Waals surface area contributed by atoms with E-state index >= 15 is 0 Å². The topological polar surface area (TPSA) is 59.6 Å². The van der Waals surface area contributed by atoms with Crippen molar-refractivity contribution in [3.05, 3.63) is 41.5 Å². The Morgan fingerprint density at radius 2 is 1.95 bits per heavy atom. The van der Waals surface area contributed by atoms with Crippen LogP contribution < -0.4 is 10.8 Å². The summed E-state index contributed by atoms with van der Waals surface area (Å²) in [6.45, 7) is 1.93. The van der Waals surface area contributed by atoms with Gasteiger partial charge < -0.3 is 10.1 Å². The minimum atomic E-state index is -0.323. The van der Waals surface area contributed by atoms with E-state index in [9.17, 15) is 4.79 Å². The predicted octanol–water partition coefficient (Wildman–Crippen LogP) is 1.47. The number of rotatable bonds is 2. The molecule has 1 spiro atoms. The van der Waals surface area contributed by atoms with E-state index in [0.717, 1.165) is 37.2 Å². The Labute approximate surface area is 117 Å². The highest BCUT2D eigenvalue weighted by Crippen LogP contribution is 2.32. The van der Waals surface area contributed by atoms with E-state index in [1.54, 1.807) is 12.1 Å². The highest BCUT2D eigenvalue weighted by atomic mass is 16.7. The second-order valence-electron chi connectivity index (χ2n) is 5.15. The minimum absolute atomic E-state index is 0.193. The fourth-order valence-corrected chi connectivity index (χ4v) is 2.62. The van der Waals surface area contributed by atoms with Gasteiger partial charge in [0.1, 0.15) is 5.60 Å². The number of carbonyl (C=O) groups excluding carboxylic acids is 1. The number of nitrogens with one attached hydrogen (secondary N) is 2. The number of methoxy groups -OCH3 is 1. The molecule has 5 nitrogen and oxygen atoms in total. The molecule has 3 rings (SSSR count). The van der Waals surface area contributed by atoms with Crippen LogP contribution in [0.15, 0.2) is 30.3 Å². The number of hydrogen-bond donors (Lipinski definition) is 2. The summed E-state index contributed by atoms with van der Waals surface area (Å²) in [6.07, 6.45) is 4.08. The van der Waals surface area contributed by atoms with Gasteiger partial charge in [0.15, 0.2) is 0 Å². The molecule has 2 N–H and O–H groups in total. The average Bonchev–Trinajstić information content (AvgIpc) is 2.91. The third-order valence-electron chi connectivity index (χ3n) is 3.84. The van der Waals surface area contributed by atoms with E-state index in [2.05, 4.69) is 16.9 Å². The normalized spacial score (nSPS) is 20.4.